The summed E-state index contributed by atoms with van der Waals surface area (Å²) in [6, 6.07) is 5.53. The minimum Gasteiger partial charge on any atom is -0.378 e. The number of hydrogen-bond donors (Lipinski definition) is 1. The number of carbonyl (C=O) groups excluding carboxylic acids is 1. The monoisotopic (exact) mass is 463 g/mol. The zero-order valence-corrected chi connectivity index (χ0v) is 18.5. The summed E-state index contributed by atoms with van der Waals surface area (Å²) in [4.78, 5) is 26.3. The number of carbonyl (C=O) groups is 1. The molecule has 1 fully saturated rings. The lowest BCUT2D eigenvalue weighted by molar-refractivity contribution is -0.141. The van der Waals surface area contributed by atoms with Gasteiger partial charge in [0.1, 0.15) is 11.9 Å². The van der Waals surface area contributed by atoms with Crippen LogP contribution in [0.25, 0.3) is 0 Å². The second kappa shape index (κ2) is 9.58. The van der Waals surface area contributed by atoms with Gasteiger partial charge in [0.05, 0.1) is 18.8 Å². The Bertz CT molecular complexity index is 1020. The van der Waals surface area contributed by atoms with Gasteiger partial charge in [-0.15, -0.1) is 0 Å². The van der Waals surface area contributed by atoms with Crippen LogP contribution in [0.15, 0.2) is 24.4 Å². The normalized spacial score (nSPS) is 14.5. The minimum absolute atomic E-state index is 0.122. The summed E-state index contributed by atoms with van der Waals surface area (Å²) in [5.74, 6) is -0.767. The molecule has 0 unspecified atom stereocenters. The number of hydrazine groups is 1. The van der Waals surface area contributed by atoms with Gasteiger partial charge in [0.2, 0.25) is 5.82 Å². The molecule has 176 valence electrons. The number of aromatic nitrogens is 3. The SMILES string of the molecule is CC(C)(C)CN(NC(=O)c1ccc(N2CCOCC2)nc1)c1cc(C(F)(F)F)nc(C#N)n1. The molecule has 3 heterocycles. The largest absolute Gasteiger partial charge is 0.433 e. The van der Waals surface area contributed by atoms with Crippen molar-refractivity contribution in [2.24, 2.45) is 5.41 Å². The number of halogens is 3. The maximum absolute atomic E-state index is 13.3. The summed E-state index contributed by atoms with van der Waals surface area (Å²) in [6.07, 6.45) is -3.38. The average molecular weight is 463 g/mol. The van der Waals surface area contributed by atoms with Crippen LogP contribution in [0.3, 0.4) is 0 Å². The Labute approximate surface area is 189 Å². The third-order valence-electron chi connectivity index (χ3n) is 4.59. The van der Waals surface area contributed by atoms with E-state index in [9.17, 15) is 18.0 Å². The molecule has 1 aliphatic heterocycles. The quantitative estimate of drug-likeness (QED) is 0.675. The molecule has 1 aliphatic rings. The van der Waals surface area contributed by atoms with E-state index in [1.807, 2.05) is 25.7 Å². The number of ether oxygens (including phenoxy) is 1. The fourth-order valence-electron chi connectivity index (χ4n) is 3.11. The zero-order chi connectivity index (χ0) is 24.2. The first-order valence-electron chi connectivity index (χ1n) is 10.2. The number of hydrogen-bond acceptors (Lipinski definition) is 8. The van der Waals surface area contributed by atoms with Crippen LogP contribution in [0, 0.1) is 16.7 Å². The maximum Gasteiger partial charge on any atom is 0.433 e. The van der Waals surface area contributed by atoms with Gasteiger partial charge in [0.25, 0.3) is 5.91 Å². The zero-order valence-electron chi connectivity index (χ0n) is 18.5. The lowest BCUT2D eigenvalue weighted by Gasteiger charge is -2.31. The van der Waals surface area contributed by atoms with Crippen molar-refractivity contribution in [3.8, 4) is 6.07 Å². The van der Waals surface area contributed by atoms with E-state index >= 15 is 0 Å². The van der Waals surface area contributed by atoms with E-state index in [1.165, 1.54) is 17.3 Å². The molecule has 0 atom stereocenters. The topological polar surface area (TPSA) is 107 Å². The van der Waals surface area contributed by atoms with Crippen LogP contribution in [-0.4, -0.2) is 53.7 Å². The molecule has 33 heavy (non-hydrogen) atoms. The molecule has 0 bridgehead atoms. The maximum atomic E-state index is 13.3. The number of amides is 1. The highest BCUT2D eigenvalue weighted by atomic mass is 19.4. The molecule has 0 aliphatic carbocycles. The molecule has 3 rings (SSSR count). The van der Waals surface area contributed by atoms with Crippen LogP contribution in [0.1, 0.15) is 42.6 Å². The highest BCUT2D eigenvalue weighted by Gasteiger charge is 2.35. The molecule has 0 aromatic carbocycles. The Morgan fingerprint density at radius 1 is 1.24 bits per heavy atom. The van der Waals surface area contributed by atoms with Crippen LogP contribution in [0.5, 0.6) is 0 Å². The number of nitrogens with one attached hydrogen (secondary N) is 1. The minimum atomic E-state index is -4.78. The molecule has 0 saturated carbocycles. The first-order chi connectivity index (χ1) is 15.5. The summed E-state index contributed by atoms with van der Waals surface area (Å²) in [7, 11) is 0. The predicted molar refractivity (Wildman–Crippen MR) is 113 cm³/mol. The van der Waals surface area contributed by atoms with E-state index in [0.29, 0.717) is 38.2 Å². The van der Waals surface area contributed by atoms with Crippen LogP contribution in [0.4, 0.5) is 24.8 Å². The van der Waals surface area contributed by atoms with Crippen LogP contribution in [-0.2, 0) is 10.9 Å². The van der Waals surface area contributed by atoms with Crippen molar-refractivity contribution in [3.63, 3.8) is 0 Å². The van der Waals surface area contributed by atoms with Crippen LogP contribution >= 0.6 is 0 Å². The van der Waals surface area contributed by atoms with E-state index in [1.54, 1.807) is 12.1 Å². The van der Waals surface area contributed by atoms with Crippen molar-refractivity contribution in [2.45, 2.75) is 26.9 Å². The average Bonchev–Trinajstić information content (AvgIpc) is 2.77. The highest BCUT2D eigenvalue weighted by molar-refractivity contribution is 5.94. The summed E-state index contributed by atoms with van der Waals surface area (Å²) >= 11 is 0. The van der Waals surface area contributed by atoms with Gasteiger partial charge in [-0.1, -0.05) is 20.8 Å². The molecule has 1 N–H and O–H groups in total. The number of anilines is 2. The van der Waals surface area contributed by atoms with Gasteiger partial charge in [-0.3, -0.25) is 15.2 Å². The van der Waals surface area contributed by atoms with Gasteiger partial charge in [0, 0.05) is 31.9 Å². The number of nitrogens with zero attached hydrogens (tertiary/aromatic N) is 6. The number of morpholine rings is 1. The predicted octanol–water partition coefficient (Wildman–Crippen LogP) is 2.80. The number of nitriles is 1. The van der Waals surface area contributed by atoms with Crippen LogP contribution < -0.4 is 15.3 Å². The van der Waals surface area contributed by atoms with Crippen LogP contribution in [0.2, 0.25) is 0 Å². The molecule has 1 amide bonds. The van der Waals surface area contributed by atoms with Crippen molar-refractivity contribution < 1.29 is 22.7 Å². The fourth-order valence-corrected chi connectivity index (χ4v) is 3.11. The molecule has 1 saturated heterocycles. The standard InChI is InChI=1S/C21H24F3N7O2/c1-20(2,3)13-31(18-10-15(21(22,23)24)27-16(11-25)28-18)29-19(32)14-4-5-17(26-12-14)30-6-8-33-9-7-30/h4-5,10,12H,6-9,13H2,1-3H3,(H,29,32). The Morgan fingerprint density at radius 2 is 1.94 bits per heavy atom. The van der Waals surface area contributed by atoms with Crippen molar-refractivity contribution in [1.82, 2.24) is 20.4 Å². The summed E-state index contributed by atoms with van der Waals surface area (Å²) in [5, 5.41) is 10.3. The van der Waals surface area contributed by atoms with Crippen molar-refractivity contribution >= 4 is 17.5 Å². The highest BCUT2D eigenvalue weighted by Crippen LogP contribution is 2.30. The Morgan fingerprint density at radius 3 is 2.48 bits per heavy atom. The molecular weight excluding hydrogens is 439 g/mol. The first kappa shape index (κ1) is 24.2. The second-order valence-electron chi connectivity index (χ2n) is 8.64. The van der Waals surface area contributed by atoms with Crippen molar-refractivity contribution in [3.05, 3.63) is 41.5 Å². The van der Waals surface area contributed by atoms with E-state index < -0.39 is 29.0 Å². The fraction of sp³-hybridized carbons (Fsp3) is 0.476. The molecule has 9 nitrogen and oxygen atoms in total. The van der Waals surface area contributed by atoms with Gasteiger partial charge in [-0.2, -0.15) is 23.4 Å². The third kappa shape index (κ3) is 6.52. The van der Waals surface area contributed by atoms with E-state index in [-0.39, 0.29) is 17.9 Å². The van der Waals surface area contributed by atoms with Gasteiger partial charge < -0.3 is 9.64 Å². The van der Waals surface area contributed by atoms with Gasteiger partial charge >= 0.3 is 6.18 Å². The van der Waals surface area contributed by atoms with Gasteiger partial charge in [-0.05, 0) is 17.5 Å². The molecule has 0 spiro atoms. The van der Waals surface area contributed by atoms with Crippen molar-refractivity contribution in [1.29, 1.82) is 5.26 Å². The van der Waals surface area contributed by atoms with Gasteiger partial charge in [-0.25, -0.2) is 9.97 Å². The van der Waals surface area contributed by atoms with E-state index in [0.717, 1.165) is 0 Å². The summed E-state index contributed by atoms with van der Waals surface area (Å²) < 4.78 is 45.2. The Balaban J connectivity index is 1.86. The molecule has 12 heteroatoms. The number of alkyl halides is 3. The number of pyridine rings is 1. The molecule has 0 radical (unpaired) electrons. The van der Waals surface area contributed by atoms with Crippen molar-refractivity contribution in [2.75, 3.05) is 42.8 Å². The summed E-state index contributed by atoms with van der Waals surface area (Å²) in [5.41, 5.74) is 1.11. The molecule has 2 aromatic heterocycles. The molecular formula is C21H24F3N7O2. The lowest BCUT2D eigenvalue weighted by Crippen LogP contribution is -2.47. The second-order valence-corrected chi connectivity index (χ2v) is 8.64. The third-order valence-corrected chi connectivity index (χ3v) is 4.59. The molecule has 2 aromatic rings. The lowest BCUT2D eigenvalue weighted by atomic mass is 9.96. The summed E-state index contributed by atoms with van der Waals surface area (Å²) in [6.45, 7) is 8.23. The van der Waals surface area contributed by atoms with E-state index in [4.69, 9.17) is 10.00 Å². The Kier molecular flexibility index (Phi) is 7.02. The smallest absolute Gasteiger partial charge is 0.378 e. The Hall–Kier alpha value is -3.46. The first-order valence-corrected chi connectivity index (χ1v) is 10.2. The number of rotatable bonds is 5. The van der Waals surface area contributed by atoms with E-state index in [2.05, 4.69) is 20.4 Å². The van der Waals surface area contributed by atoms with Gasteiger partial charge in [0.15, 0.2) is 11.5 Å².